The van der Waals surface area contributed by atoms with Crippen LogP contribution in [0.15, 0.2) is 24.3 Å². The summed E-state index contributed by atoms with van der Waals surface area (Å²) in [6, 6.07) is 7.85. The summed E-state index contributed by atoms with van der Waals surface area (Å²) in [7, 11) is 5.52. The number of methoxy groups -OCH3 is 1. The average molecular weight is 403 g/mol. The number of carbonyl (C=O) groups excluding carboxylic acids is 2. The molecule has 1 atom stereocenters. The van der Waals surface area contributed by atoms with Gasteiger partial charge in [0.2, 0.25) is 5.91 Å². The van der Waals surface area contributed by atoms with E-state index < -0.39 is 0 Å². The number of rotatable bonds is 6. The Morgan fingerprint density at radius 2 is 1.93 bits per heavy atom. The van der Waals surface area contributed by atoms with Crippen molar-refractivity contribution in [2.45, 2.75) is 31.3 Å². The van der Waals surface area contributed by atoms with Gasteiger partial charge < -0.3 is 15.0 Å². The summed E-state index contributed by atoms with van der Waals surface area (Å²) in [4.78, 5) is 31.2. The SMILES string of the molecule is CNC(=O)c1ccc(CN2CCN(C)[C@@]3(CCC(=O)N(CCOC)CC3)C2)cc1. The lowest BCUT2D eigenvalue weighted by Gasteiger charge is -2.49. The van der Waals surface area contributed by atoms with Gasteiger partial charge in [-0.2, -0.15) is 0 Å². The second kappa shape index (κ2) is 9.69. The minimum absolute atomic E-state index is 0.0395. The van der Waals surface area contributed by atoms with E-state index in [1.54, 1.807) is 14.2 Å². The molecule has 2 aliphatic heterocycles. The predicted molar refractivity (Wildman–Crippen MR) is 113 cm³/mol. The summed E-state index contributed by atoms with van der Waals surface area (Å²) in [6.07, 6.45) is 2.49. The molecule has 2 amide bonds. The quantitative estimate of drug-likeness (QED) is 0.774. The molecule has 160 valence electrons. The molecule has 1 spiro atoms. The maximum absolute atomic E-state index is 12.5. The van der Waals surface area contributed by atoms with Crippen molar-refractivity contribution in [3.8, 4) is 0 Å². The van der Waals surface area contributed by atoms with Crippen LogP contribution in [-0.4, -0.2) is 92.6 Å². The van der Waals surface area contributed by atoms with Gasteiger partial charge in [0.15, 0.2) is 0 Å². The minimum Gasteiger partial charge on any atom is -0.383 e. The maximum atomic E-state index is 12.5. The normalized spacial score (nSPS) is 24.0. The molecule has 7 heteroatoms. The Morgan fingerprint density at radius 1 is 1.17 bits per heavy atom. The Bertz CT molecular complexity index is 709. The molecule has 2 heterocycles. The first-order chi connectivity index (χ1) is 14.0. The first kappa shape index (κ1) is 21.7. The van der Waals surface area contributed by atoms with Crippen LogP contribution >= 0.6 is 0 Å². The van der Waals surface area contributed by atoms with Gasteiger partial charge in [-0.15, -0.1) is 0 Å². The van der Waals surface area contributed by atoms with Crippen molar-refractivity contribution in [3.63, 3.8) is 0 Å². The van der Waals surface area contributed by atoms with Gasteiger partial charge in [-0.05, 0) is 37.6 Å². The fraction of sp³-hybridized carbons (Fsp3) is 0.636. The molecule has 2 saturated heterocycles. The Balaban J connectivity index is 1.65. The van der Waals surface area contributed by atoms with Gasteiger partial charge in [-0.25, -0.2) is 0 Å². The van der Waals surface area contributed by atoms with Crippen LogP contribution in [0.1, 0.15) is 35.2 Å². The number of carbonyl (C=O) groups is 2. The zero-order valence-corrected chi connectivity index (χ0v) is 17.9. The number of likely N-dealkylation sites (tertiary alicyclic amines) is 1. The zero-order valence-electron chi connectivity index (χ0n) is 17.9. The molecule has 3 rings (SSSR count). The van der Waals surface area contributed by atoms with E-state index in [4.69, 9.17) is 4.74 Å². The number of nitrogens with zero attached hydrogens (tertiary/aromatic N) is 3. The highest BCUT2D eigenvalue weighted by molar-refractivity contribution is 5.93. The van der Waals surface area contributed by atoms with E-state index in [0.717, 1.165) is 45.6 Å². The zero-order chi connectivity index (χ0) is 20.9. The van der Waals surface area contributed by atoms with Crippen LogP contribution in [0.5, 0.6) is 0 Å². The van der Waals surface area contributed by atoms with Crippen LogP contribution in [0.25, 0.3) is 0 Å². The first-order valence-corrected chi connectivity index (χ1v) is 10.5. The number of piperazine rings is 1. The van der Waals surface area contributed by atoms with E-state index in [2.05, 4.69) is 22.2 Å². The Kier molecular flexibility index (Phi) is 7.27. The second-order valence-electron chi connectivity index (χ2n) is 8.26. The lowest BCUT2D eigenvalue weighted by atomic mass is 9.86. The standard InChI is InChI=1S/C22H34N4O3/c1-23-21(28)19-6-4-18(5-7-19)16-25-13-12-24(2)22(17-25)9-8-20(27)26(11-10-22)14-15-29-3/h4-7H,8-17H2,1-3H3,(H,23,28)/t22-/m1/s1. The molecule has 1 N–H and O–H groups in total. The molecule has 2 aliphatic rings. The molecular formula is C22H34N4O3. The van der Waals surface area contributed by atoms with E-state index in [0.29, 0.717) is 25.1 Å². The summed E-state index contributed by atoms with van der Waals surface area (Å²) < 4.78 is 5.17. The maximum Gasteiger partial charge on any atom is 0.251 e. The van der Waals surface area contributed by atoms with Gasteiger partial charge in [-0.3, -0.25) is 19.4 Å². The summed E-state index contributed by atoms with van der Waals surface area (Å²) in [5.74, 6) is 0.186. The molecule has 1 aromatic rings. The van der Waals surface area contributed by atoms with E-state index in [-0.39, 0.29) is 17.4 Å². The van der Waals surface area contributed by atoms with Gasteiger partial charge in [0.1, 0.15) is 0 Å². The van der Waals surface area contributed by atoms with Crippen LogP contribution in [0.3, 0.4) is 0 Å². The van der Waals surface area contributed by atoms with Crippen molar-refractivity contribution in [2.75, 3.05) is 60.5 Å². The highest BCUT2D eigenvalue weighted by atomic mass is 16.5. The van der Waals surface area contributed by atoms with E-state index >= 15 is 0 Å². The molecular weight excluding hydrogens is 368 g/mol. The molecule has 0 saturated carbocycles. The number of amides is 2. The lowest BCUT2D eigenvalue weighted by Crippen LogP contribution is -2.60. The van der Waals surface area contributed by atoms with Gasteiger partial charge >= 0.3 is 0 Å². The van der Waals surface area contributed by atoms with Crippen molar-refractivity contribution in [1.29, 1.82) is 0 Å². The van der Waals surface area contributed by atoms with Crippen molar-refractivity contribution in [1.82, 2.24) is 20.0 Å². The van der Waals surface area contributed by atoms with Crippen LogP contribution in [-0.2, 0) is 16.1 Å². The second-order valence-corrected chi connectivity index (χ2v) is 8.26. The van der Waals surface area contributed by atoms with Gasteiger partial charge in [0.25, 0.3) is 5.91 Å². The van der Waals surface area contributed by atoms with Crippen molar-refractivity contribution in [3.05, 3.63) is 35.4 Å². The molecule has 0 aromatic heterocycles. The van der Waals surface area contributed by atoms with Crippen LogP contribution < -0.4 is 5.32 Å². The number of likely N-dealkylation sites (N-methyl/N-ethyl adjacent to an activating group) is 1. The number of nitrogens with one attached hydrogen (secondary N) is 1. The Morgan fingerprint density at radius 3 is 2.62 bits per heavy atom. The van der Waals surface area contributed by atoms with Crippen LogP contribution in [0.2, 0.25) is 0 Å². The third-order valence-electron chi connectivity index (χ3n) is 6.50. The largest absolute Gasteiger partial charge is 0.383 e. The number of ether oxygens (including phenoxy) is 1. The molecule has 0 radical (unpaired) electrons. The van der Waals surface area contributed by atoms with Crippen molar-refractivity contribution >= 4 is 11.8 Å². The summed E-state index contributed by atoms with van der Waals surface area (Å²) in [5, 5.41) is 2.66. The fourth-order valence-electron chi connectivity index (χ4n) is 4.51. The van der Waals surface area contributed by atoms with Crippen molar-refractivity contribution in [2.24, 2.45) is 0 Å². The highest BCUT2D eigenvalue weighted by Gasteiger charge is 2.42. The number of hydrogen-bond donors (Lipinski definition) is 1. The third-order valence-corrected chi connectivity index (χ3v) is 6.50. The molecule has 0 bridgehead atoms. The molecule has 0 aliphatic carbocycles. The topological polar surface area (TPSA) is 65.1 Å². The molecule has 0 unspecified atom stereocenters. The summed E-state index contributed by atoms with van der Waals surface area (Å²) >= 11 is 0. The number of benzene rings is 1. The van der Waals surface area contributed by atoms with Gasteiger partial charge in [0, 0.05) is 70.9 Å². The number of hydrogen-bond acceptors (Lipinski definition) is 5. The van der Waals surface area contributed by atoms with E-state index in [9.17, 15) is 9.59 Å². The summed E-state index contributed by atoms with van der Waals surface area (Å²) in [5.41, 5.74) is 1.94. The van der Waals surface area contributed by atoms with Crippen LogP contribution in [0, 0.1) is 0 Å². The monoisotopic (exact) mass is 402 g/mol. The van der Waals surface area contributed by atoms with Crippen LogP contribution in [0.4, 0.5) is 0 Å². The lowest BCUT2D eigenvalue weighted by molar-refractivity contribution is -0.131. The minimum atomic E-state index is -0.0590. The van der Waals surface area contributed by atoms with Crippen molar-refractivity contribution < 1.29 is 14.3 Å². The van der Waals surface area contributed by atoms with E-state index in [1.807, 2.05) is 29.2 Å². The highest BCUT2D eigenvalue weighted by Crippen LogP contribution is 2.32. The first-order valence-electron chi connectivity index (χ1n) is 10.5. The Labute approximate surface area is 174 Å². The Hall–Kier alpha value is -1.96. The fourth-order valence-corrected chi connectivity index (χ4v) is 4.51. The molecule has 1 aromatic carbocycles. The summed E-state index contributed by atoms with van der Waals surface area (Å²) in [6.45, 7) is 5.90. The molecule has 7 nitrogen and oxygen atoms in total. The van der Waals surface area contributed by atoms with E-state index in [1.165, 1.54) is 5.56 Å². The van der Waals surface area contributed by atoms with Gasteiger partial charge in [-0.1, -0.05) is 12.1 Å². The molecule has 2 fully saturated rings. The van der Waals surface area contributed by atoms with Gasteiger partial charge in [0.05, 0.1) is 6.61 Å². The third kappa shape index (κ3) is 5.15. The predicted octanol–water partition coefficient (Wildman–Crippen LogP) is 1.19. The average Bonchev–Trinajstić information content (AvgIpc) is 2.89. The smallest absolute Gasteiger partial charge is 0.251 e. The molecule has 29 heavy (non-hydrogen) atoms.